The topological polar surface area (TPSA) is 108 Å². The second-order valence-electron chi connectivity index (χ2n) is 30.2. The van der Waals surface area contributed by atoms with Crippen molar-refractivity contribution in [2.24, 2.45) is 0 Å². The molecule has 9 nitrogen and oxygen atoms in total. The maximum absolute atomic E-state index is 12.9. The Balaban J connectivity index is 3.87. The summed E-state index contributed by atoms with van der Waals surface area (Å²) in [5.74, 6) is -0.774. The highest BCUT2D eigenvalue weighted by atomic mass is 31.2. The molecular weight excluding hydrogens is 1220 g/mol. The first-order chi connectivity index (χ1) is 47.5. The summed E-state index contributed by atoms with van der Waals surface area (Å²) < 4.78 is 34.9. The van der Waals surface area contributed by atoms with Gasteiger partial charge in [0.2, 0.25) is 0 Å². The summed E-state index contributed by atoms with van der Waals surface area (Å²) >= 11 is 0. The molecule has 0 rings (SSSR count). The number of nitrogens with zero attached hydrogens (tertiary/aromatic N) is 1. The van der Waals surface area contributed by atoms with Crippen molar-refractivity contribution in [3.8, 4) is 0 Å². The van der Waals surface area contributed by atoms with Gasteiger partial charge < -0.3 is 18.9 Å². The van der Waals surface area contributed by atoms with E-state index in [4.69, 9.17) is 18.5 Å². The van der Waals surface area contributed by atoms with Gasteiger partial charge in [0, 0.05) is 12.8 Å². The van der Waals surface area contributed by atoms with Gasteiger partial charge in [-0.1, -0.05) is 421 Å². The van der Waals surface area contributed by atoms with E-state index >= 15 is 0 Å². The van der Waals surface area contributed by atoms with Gasteiger partial charge in [0.1, 0.15) is 19.8 Å². The van der Waals surface area contributed by atoms with E-state index in [1.165, 1.54) is 334 Å². The van der Waals surface area contributed by atoms with Crippen LogP contribution in [0.4, 0.5) is 0 Å². The average molecular weight is 1380 g/mol. The van der Waals surface area contributed by atoms with Crippen LogP contribution in [0, 0.1) is 0 Å². The largest absolute Gasteiger partial charge is 0.472 e. The number of unbranched alkanes of at least 4 members (excludes halogenated alkanes) is 56. The first kappa shape index (κ1) is 94.7. The molecular formula is C87H165NO8P+. The molecule has 0 amide bonds. The second-order valence-corrected chi connectivity index (χ2v) is 31.7. The molecule has 0 saturated heterocycles. The number of esters is 2. The number of ether oxygens (including phenoxy) is 2. The zero-order chi connectivity index (χ0) is 70.4. The number of likely N-dealkylation sites (N-methyl/N-ethyl adjacent to an activating group) is 1. The average Bonchev–Trinajstić information content (AvgIpc) is 1.58. The summed E-state index contributed by atoms with van der Waals surface area (Å²) in [6, 6.07) is 0. The normalized spacial score (nSPS) is 13.3. The van der Waals surface area contributed by atoms with Gasteiger partial charge in [0.05, 0.1) is 27.7 Å². The zero-order valence-electron chi connectivity index (χ0n) is 65.3. The molecule has 0 aliphatic rings. The Morgan fingerprint density at radius 1 is 0.330 bits per heavy atom. The van der Waals surface area contributed by atoms with Crippen LogP contribution in [0.25, 0.3) is 0 Å². The summed E-state index contributed by atoms with van der Waals surface area (Å²) in [4.78, 5) is 36.0. The molecule has 0 bridgehead atoms. The molecule has 0 aromatic carbocycles. The van der Waals surface area contributed by atoms with Crippen molar-refractivity contribution in [1.29, 1.82) is 0 Å². The lowest BCUT2D eigenvalue weighted by atomic mass is 10.0. The first-order valence-electron chi connectivity index (χ1n) is 42.5. The molecule has 0 aliphatic carbocycles. The number of quaternary nitrogens is 1. The maximum atomic E-state index is 12.9. The van der Waals surface area contributed by atoms with Crippen LogP contribution >= 0.6 is 7.82 Å². The van der Waals surface area contributed by atoms with Crippen molar-refractivity contribution in [2.45, 2.75) is 437 Å². The van der Waals surface area contributed by atoms with Gasteiger partial charge in [0.15, 0.2) is 6.10 Å². The van der Waals surface area contributed by atoms with Crippen LogP contribution in [-0.4, -0.2) is 74.9 Å². The Hall–Kier alpha value is -2.29. The minimum atomic E-state index is -4.40. The van der Waals surface area contributed by atoms with Gasteiger partial charge in [-0.05, 0) is 57.8 Å². The van der Waals surface area contributed by atoms with Crippen LogP contribution in [0.5, 0.6) is 0 Å². The van der Waals surface area contributed by atoms with Crippen molar-refractivity contribution in [1.82, 2.24) is 0 Å². The fraction of sp³-hybridized carbons (Fsp3) is 0.862. The predicted molar refractivity (Wildman–Crippen MR) is 423 cm³/mol. The van der Waals surface area contributed by atoms with Gasteiger partial charge in [-0.25, -0.2) is 4.57 Å². The molecule has 0 radical (unpaired) electrons. The van der Waals surface area contributed by atoms with Crippen LogP contribution in [0.2, 0.25) is 0 Å². The summed E-state index contributed by atoms with van der Waals surface area (Å²) in [7, 11) is 1.50. The van der Waals surface area contributed by atoms with Gasteiger partial charge in [-0.15, -0.1) is 0 Å². The van der Waals surface area contributed by atoms with Gasteiger partial charge in [0.25, 0.3) is 0 Å². The smallest absolute Gasteiger partial charge is 0.462 e. The van der Waals surface area contributed by atoms with Crippen LogP contribution in [0.3, 0.4) is 0 Å². The van der Waals surface area contributed by atoms with Crippen molar-refractivity contribution in [3.05, 3.63) is 60.8 Å². The molecule has 0 heterocycles. The molecule has 2 atom stereocenters. The molecule has 0 aromatic heterocycles. The Bertz CT molecular complexity index is 1820. The molecule has 97 heavy (non-hydrogen) atoms. The zero-order valence-corrected chi connectivity index (χ0v) is 66.2. The maximum Gasteiger partial charge on any atom is 0.472 e. The van der Waals surface area contributed by atoms with E-state index in [2.05, 4.69) is 74.6 Å². The van der Waals surface area contributed by atoms with E-state index in [0.29, 0.717) is 23.9 Å². The molecule has 1 N–H and O–H groups in total. The lowest BCUT2D eigenvalue weighted by molar-refractivity contribution is -0.870. The van der Waals surface area contributed by atoms with Crippen molar-refractivity contribution in [2.75, 3.05) is 47.5 Å². The van der Waals surface area contributed by atoms with Gasteiger partial charge >= 0.3 is 19.8 Å². The molecule has 0 saturated carbocycles. The molecule has 2 unspecified atom stereocenters. The van der Waals surface area contributed by atoms with Gasteiger partial charge in [-0.3, -0.25) is 18.6 Å². The summed E-state index contributed by atoms with van der Waals surface area (Å²) in [6.07, 6.45) is 105. The number of carbonyl (C=O) groups is 2. The van der Waals surface area contributed by atoms with E-state index in [-0.39, 0.29) is 25.6 Å². The fourth-order valence-corrected chi connectivity index (χ4v) is 13.6. The van der Waals surface area contributed by atoms with E-state index in [9.17, 15) is 19.0 Å². The summed E-state index contributed by atoms with van der Waals surface area (Å²) in [5.41, 5.74) is 0. The quantitative estimate of drug-likeness (QED) is 0.0211. The fourth-order valence-electron chi connectivity index (χ4n) is 12.9. The van der Waals surface area contributed by atoms with E-state index in [0.717, 1.165) is 64.2 Å². The standard InChI is InChI=1S/C87H164NO8P/c1-6-8-10-12-14-16-18-20-22-24-26-28-30-32-34-36-38-40-41-42-43-44-45-46-48-49-51-53-55-57-59-61-63-65-67-69-71-73-75-77-79-86(89)93-83-85(84-95-97(91,92)94-82-81-88(3,4)5)96-87(90)80-78-76-74-72-70-68-66-64-62-60-58-56-54-52-50-47-39-37-35-33-31-29-27-25-23-21-19-17-15-13-11-9-7-2/h9,11,15,17,21,23,27,29,33,35,85H,6-8,10,12-14,16,18-20,22,24-26,28,30-32,34,36-84H2,1-5H3/p+1/b11-9-,17-15-,23-21-,29-27-,35-33-. The van der Waals surface area contributed by atoms with Crippen molar-refractivity contribution >= 4 is 19.8 Å². The highest BCUT2D eigenvalue weighted by molar-refractivity contribution is 7.47. The third-order valence-electron chi connectivity index (χ3n) is 19.3. The predicted octanol–water partition coefficient (Wildman–Crippen LogP) is 28.5. The van der Waals surface area contributed by atoms with Crippen LogP contribution in [0.1, 0.15) is 431 Å². The minimum absolute atomic E-state index is 0.0335. The lowest BCUT2D eigenvalue weighted by Crippen LogP contribution is -2.37. The SMILES string of the molecule is CC/C=C\C/C=C\C/C=C\C/C=C\C/C=C\CCCCCCCCCCCCCCCCCCCC(=O)OC(COC(=O)CCCCCCCCCCCCCCCCCCCCCCCCCCCCCCCCCCCCCCCCCC)COP(=O)(O)OCC[N+](C)(C)C. The molecule has 10 heteroatoms. The number of phosphoric ester groups is 1. The van der Waals surface area contributed by atoms with Crippen LogP contribution in [-0.2, 0) is 32.7 Å². The highest BCUT2D eigenvalue weighted by Crippen LogP contribution is 2.43. The molecule has 570 valence electrons. The first-order valence-corrected chi connectivity index (χ1v) is 44.0. The highest BCUT2D eigenvalue weighted by Gasteiger charge is 2.27. The minimum Gasteiger partial charge on any atom is -0.462 e. The Kier molecular flexibility index (Phi) is 76.0. The van der Waals surface area contributed by atoms with Gasteiger partial charge in [-0.2, -0.15) is 0 Å². The molecule has 0 fully saturated rings. The van der Waals surface area contributed by atoms with E-state index < -0.39 is 26.5 Å². The monoisotopic (exact) mass is 1380 g/mol. The number of rotatable bonds is 80. The Morgan fingerprint density at radius 2 is 0.588 bits per heavy atom. The van der Waals surface area contributed by atoms with E-state index in [1.807, 2.05) is 21.1 Å². The number of hydrogen-bond donors (Lipinski definition) is 1. The van der Waals surface area contributed by atoms with Crippen LogP contribution < -0.4 is 0 Å². The molecule has 0 aromatic rings. The Labute approximate surface area is 604 Å². The number of carbonyl (C=O) groups excluding carboxylic acids is 2. The lowest BCUT2D eigenvalue weighted by Gasteiger charge is -2.24. The van der Waals surface area contributed by atoms with Crippen molar-refractivity contribution < 1.29 is 42.1 Å². The third-order valence-corrected chi connectivity index (χ3v) is 20.3. The number of phosphoric acid groups is 1. The summed E-state index contributed by atoms with van der Waals surface area (Å²) in [5, 5.41) is 0. The molecule has 0 spiro atoms. The Morgan fingerprint density at radius 3 is 0.876 bits per heavy atom. The molecule has 0 aliphatic heterocycles. The van der Waals surface area contributed by atoms with Crippen LogP contribution in [0.15, 0.2) is 60.8 Å². The number of hydrogen-bond acceptors (Lipinski definition) is 7. The van der Waals surface area contributed by atoms with Crippen molar-refractivity contribution in [3.63, 3.8) is 0 Å². The second kappa shape index (κ2) is 77.9. The van der Waals surface area contributed by atoms with E-state index in [1.54, 1.807) is 0 Å². The third kappa shape index (κ3) is 82.6. The number of allylic oxidation sites excluding steroid dienone is 10. The summed E-state index contributed by atoms with van der Waals surface area (Å²) in [6.45, 7) is 4.40.